The molecular formula is C20H30N2O4. The summed E-state index contributed by atoms with van der Waals surface area (Å²) in [5.41, 5.74) is 1.60. The number of benzene rings is 1. The number of carbonyl (C=O) groups is 2. The number of aliphatic carboxylic acids is 1. The molecule has 0 unspecified atom stereocenters. The van der Waals surface area contributed by atoms with Crippen molar-refractivity contribution in [3.63, 3.8) is 0 Å². The Kier molecular flexibility index (Phi) is 7.17. The monoisotopic (exact) mass is 362 g/mol. The van der Waals surface area contributed by atoms with Crippen LogP contribution in [0.15, 0.2) is 24.3 Å². The lowest BCUT2D eigenvalue weighted by molar-refractivity contribution is -0.140. The van der Waals surface area contributed by atoms with Crippen LogP contribution in [-0.4, -0.2) is 53.2 Å². The van der Waals surface area contributed by atoms with E-state index in [1.807, 2.05) is 26.0 Å². The minimum atomic E-state index is -1.00. The summed E-state index contributed by atoms with van der Waals surface area (Å²) in [5, 5.41) is 11.9. The molecular weight excluding hydrogens is 332 g/mol. The zero-order valence-corrected chi connectivity index (χ0v) is 16.1. The molecule has 0 saturated carbocycles. The fraction of sp³-hybridized carbons (Fsp3) is 0.600. The van der Waals surface area contributed by atoms with E-state index in [0.717, 1.165) is 25.2 Å². The van der Waals surface area contributed by atoms with E-state index in [2.05, 4.69) is 24.1 Å². The molecule has 144 valence electrons. The molecule has 0 aromatic heterocycles. The Morgan fingerprint density at radius 3 is 2.31 bits per heavy atom. The maximum absolute atomic E-state index is 12.4. The molecule has 0 aliphatic carbocycles. The summed E-state index contributed by atoms with van der Waals surface area (Å²) in [7, 11) is 0. The van der Waals surface area contributed by atoms with Gasteiger partial charge >= 0.3 is 5.97 Å². The summed E-state index contributed by atoms with van der Waals surface area (Å²) < 4.78 is 5.75. The number of carboxylic acids is 1. The van der Waals surface area contributed by atoms with Crippen molar-refractivity contribution in [3.8, 4) is 0 Å². The molecule has 1 amide bonds. The number of nitrogens with one attached hydrogen (secondary N) is 1. The predicted molar refractivity (Wildman–Crippen MR) is 100 cm³/mol. The summed E-state index contributed by atoms with van der Waals surface area (Å²) in [6.07, 6.45) is 1.13. The lowest BCUT2D eigenvalue weighted by Gasteiger charge is -2.35. The quantitative estimate of drug-likeness (QED) is 0.779. The van der Waals surface area contributed by atoms with Gasteiger partial charge in [-0.3, -0.25) is 9.69 Å². The van der Waals surface area contributed by atoms with Gasteiger partial charge in [0.05, 0.1) is 12.2 Å². The molecule has 1 aromatic rings. The Bertz CT molecular complexity index is 607. The first kappa shape index (κ1) is 20.4. The Hall–Kier alpha value is -1.92. The molecule has 26 heavy (non-hydrogen) atoms. The Labute approximate surface area is 155 Å². The standard InChI is InChI=1S/C20H30N2O4/c1-5-13(2)18(20(24)25)21-19(23)17-8-6-16(7-9-17)12-22-10-14(3)26-15(4)11-22/h6-9,13-15,18H,5,10-12H2,1-4H3,(H,21,23)(H,24,25)/t13-,14-,15-,18-/m0/s1. The van der Waals surface area contributed by atoms with Crippen molar-refractivity contribution in [2.45, 2.75) is 58.9 Å². The van der Waals surface area contributed by atoms with Crippen molar-refractivity contribution in [3.05, 3.63) is 35.4 Å². The van der Waals surface area contributed by atoms with E-state index < -0.39 is 12.0 Å². The number of carbonyl (C=O) groups excluding carboxylic acids is 1. The molecule has 2 N–H and O–H groups in total. The highest BCUT2D eigenvalue weighted by atomic mass is 16.5. The van der Waals surface area contributed by atoms with Crippen LogP contribution in [0.4, 0.5) is 0 Å². The number of rotatable bonds is 7. The van der Waals surface area contributed by atoms with Crippen LogP contribution in [0.2, 0.25) is 0 Å². The van der Waals surface area contributed by atoms with E-state index in [-0.39, 0.29) is 24.0 Å². The van der Waals surface area contributed by atoms with Gasteiger partial charge in [-0.1, -0.05) is 32.4 Å². The van der Waals surface area contributed by atoms with E-state index in [1.54, 1.807) is 12.1 Å². The molecule has 6 nitrogen and oxygen atoms in total. The number of nitrogens with zero attached hydrogens (tertiary/aromatic N) is 1. The van der Waals surface area contributed by atoms with Crippen LogP contribution in [0.5, 0.6) is 0 Å². The summed E-state index contributed by atoms with van der Waals surface area (Å²) in [6, 6.07) is 6.50. The normalized spacial score (nSPS) is 23.2. The maximum Gasteiger partial charge on any atom is 0.326 e. The van der Waals surface area contributed by atoms with E-state index in [4.69, 9.17) is 4.74 Å². The van der Waals surface area contributed by atoms with E-state index >= 15 is 0 Å². The van der Waals surface area contributed by atoms with Gasteiger partial charge in [0.2, 0.25) is 0 Å². The molecule has 1 heterocycles. The molecule has 6 heteroatoms. The zero-order valence-electron chi connectivity index (χ0n) is 16.1. The number of amides is 1. The van der Waals surface area contributed by atoms with Crippen molar-refractivity contribution in [2.24, 2.45) is 5.92 Å². The minimum Gasteiger partial charge on any atom is -0.480 e. The van der Waals surface area contributed by atoms with E-state index in [1.165, 1.54) is 0 Å². The van der Waals surface area contributed by atoms with Crippen molar-refractivity contribution < 1.29 is 19.4 Å². The molecule has 1 aliphatic heterocycles. The molecule has 0 radical (unpaired) electrons. The van der Waals surface area contributed by atoms with Crippen LogP contribution in [0.25, 0.3) is 0 Å². The van der Waals surface area contributed by atoms with Crippen LogP contribution in [-0.2, 0) is 16.1 Å². The van der Waals surface area contributed by atoms with Gasteiger partial charge in [-0.2, -0.15) is 0 Å². The first-order valence-electron chi connectivity index (χ1n) is 9.30. The first-order valence-corrected chi connectivity index (χ1v) is 9.30. The lowest BCUT2D eigenvalue weighted by Crippen LogP contribution is -2.45. The van der Waals surface area contributed by atoms with Crippen LogP contribution < -0.4 is 5.32 Å². The smallest absolute Gasteiger partial charge is 0.326 e. The summed E-state index contributed by atoms with van der Waals surface area (Å²) in [6.45, 7) is 10.5. The van der Waals surface area contributed by atoms with Gasteiger partial charge in [-0.25, -0.2) is 4.79 Å². The number of morpholine rings is 1. The van der Waals surface area contributed by atoms with Gasteiger partial charge in [0.25, 0.3) is 5.91 Å². The van der Waals surface area contributed by atoms with Gasteiger partial charge in [-0.05, 0) is 37.5 Å². The van der Waals surface area contributed by atoms with Crippen molar-refractivity contribution in [1.82, 2.24) is 10.2 Å². The maximum atomic E-state index is 12.4. The van der Waals surface area contributed by atoms with Gasteiger partial charge in [0, 0.05) is 25.2 Å². The van der Waals surface area contributed by atoms with Gasteiger partial charge in [-0.15, -0.1) is 0 Å². The van der Waals surface area contributed by atoms with E-state index in [0.29, 0.717) is 12.0 Å². The van der Waals surface area contributed by atoms with E-state index in [9.17, 15) is 14.7 Å². The second-order valence-electron chi connectivity index (χ2n) is 7.32. The highest BCUT2D eigenvalue weighted by Crippen LogP contribution is 2.15. The molecule has 1 saturated heterocycles. The van der Waals surface area contributed by atoms with Crippen LogP contribution in [0.3, 0.4) is 0 Å². The number of hydrogen-bond donors (Lipinski definition) is 2. The largest absolute Gasteiger partial charge is 0.480 e. The van der Waals surface area contributed by atoms with Crippen molar-refractivity contribution in [2.75, 3.05) is 13.1 Å². The number of ether oxygens (including phenoxy) is 1. The molecule has 0 spiro atoms. The number of hydrogen-bond acceptors (Lipinski definition) is 4. The van der Waals surface area contributed by atoms with Crippen LogP contribution in [0.1, 0.15) is 50.0 Å². The minimum absolute atomic E-state index is 0.124. The average Bonchev–Trinajstić information content (AvgIpc) is 2.58. The third-order valence-electron chi connectivity index (χ3n) is 4.88. The Morgan fingerprint density at radius 2 is 1.81 bits per heavy atom. The second kappa shape index (κ2) is 9.14. The van der Waals surface area contributed by atoms with Crippen molar-refractivity contribution in [1.29, 1.82) is 0 Å². The number of carboxylic acid groups (broad SMARTS) is 1. The molecule has 0 bridgehead atoms. The Balaban J connectivity index is 1.97. The molecule has 2 rings (SSSR count). The summed E-state index contributed by atoms with van der Waals surface area (Å²) in [4.78, 5) is 26.1. The third-order valence-corrected chi connectivity index (χ3v) is 4.88. The molecule has 4 atom stereocenters. The van der Waals surface area contributed by atoms with Gasteiger partial charge in [0.15, 0.2) is 0 Å². The molecule has 1 aliphatic rings. The predicted octanol–water partition coefficient (Wildman–Crippen LogP) is 2.52. The van der Waals surface area contributed by atoms with Crippen LogP contribution in [0, 0.1) is 5.92 Å². The van der Waals surface area contributed by atoms with Crippen molar-refractivity contribution >= 4 is 11.9 Å². The fourth-order valence-corrected chi connectivity index (χ4v) is 3.34. The summed E-state index contributed by atoms with van der Waals surface area (Å²) in [5.74, 6) is -1.47. The topological polar surface area (TPSA) is 78.9 Å². The molecule has 1 aromatic carbocycles. The van der Waals surface area contributed by atoms with Crippen LogP contribution >= 0.6 is 0 Å². The lowest BCUT2D eigenvalue weighted by atomic mass is 9.99. The highest BCUT2D eigenvalue weighted by Gasteiger charge is 2.26. The van der Waals surface area contributed by atoms with Gasteiger partial charge in [0.1, 0.15) is 6.04 Å². The fourth-order valence-electron chi connectivity index (χ4n) is 3.34. The zero-order chi connectivity index (χ0) is 19.3. The van der Waals surface area contributed by atoms with Gasteiger partial charge < -0.3 is 15.2 Å². The molecule has 1 fully saturated rings. The SMILES string of the molecule is CC[C@H](C)[C@H](NC(=O)c1ccc(CN2C[C@H](C)O[C@@H](C)C2)cc1)C(=O)O. The highest BCUT2D eigenvalue weighted by molar-refractivity contribution is 5.96. The first-order chi connectivity index (χ1) is 12.3. The Morgan fingerprint density at radius 1 is 1.23 bits per heavy atom. The third kappa shape index (κ3) is 5.54. The average molecular weight is 362 g/mol. The second-order valence-corrected chi connectivity index (χ2v) is 7.32. The summed E-state index contributed by atoms with van der Waals surface area (Å²) >= 11 is 0.